The molecule has 0 atom stereocenters. The van der Waals surface area contributed by atoms with Crippen molar-refractivity contribution in [3.05, 3.63) is 51.6 Å². The van der Waals surface area contributed by atoms with Crippen LogP contribution in [0.2, 0.25) is 5.02 Å². The van der Waals surface area contributed by atoms with Gasteiger partial charge in [-0.05, 0) is 24.3 Å². The topological polar surface area (TPSA) is 34.1 Å². The molecule has 1 aromatic carbocycles. The lowest BCUT2D eigenvalue weighted by atomic mass is 10.3. The fourth-order valence-electron chi connectivity index (χ4n) is 1.49. The molecule has 0 bridgehead atoms. The second-order valence-electron chi connectivity index (χ2n) is 3.65. The molecule has 2 rings (SSSR count). The van der Waals surface area contributed by atoms with Gasteiger partial charge in [0.15, 0.2) is 0 Å². The monoisotopic (exact) mass is 326 g/mol. The van der Waals surface area contributed by atoms with E-state index >= 15 is 0 Å². The maximum absolute atomic E-state index is 6.09. The summed E-state index contributed by atoms with van der Waals surface area (Å²) in [5.41, 5.74) is 1.76. The molecule has 0 spiro atoms. The van der Waals surface area contributed by atoms with Crippen LogP contribution in [-0.2, 0) is 6.54 Å². The van der Waals surface area contributed by atoms with Gasteiger partial charge in [-0.1, -0.05) is 33.6 Å². The fraction of sp³-hybridized carbons (Fsp3) is 0.154. The molecule has 0 aliphatic carbocycles. The zero-order valence-corrected chi connectivity index (χ0v) is 12.1. The van der Waals surface area contributed by atoms with E-state index in [9.17, 15) is 0 Å². The normalized spacial score (nSPS) is 10.2. The molecule has 1 N–H and O–H groups in total. The van der Waals surface area contributed by atoms with E-state index < -0.39 is 0 Å². The van der Waals surface area contributed by atoms with E-state index in [0.29, 0.717) is 17.4 Å². The van der Waals surface area contributed by atoms with E-state index in [1.54, 1.807) is 7.11 Å². The van der Waals surface area contributed by atoms with Crippen molar-refractivity contribution in [1.82, 2.24) is 4.98 Å². The molecule has 0 unspecified atom stereocenters. The maximum Gasteiger partial charge on any atom is 0.213 e. The first kappa shape index (κ1) is 13.2. The highest BCUT2D eigenvalue weighted by Crippen LogP contribution is 2.26. The van der Waals surface area contributed by atoms with Crippen LogP contribution in [0.15, 0.2) is 40.9 Å². The van der Waals surface area contributed by atoms with Gasteiger partial charge in [-0.15, -0.1) is 0 Å². The number of rotatable bonds is 4. The SMILES string of the molecule is COc1cccc(CNc2cc(Br)ccc2Cl)n1. The Morgan fingerprint density at radius 2 is 2.17 bits per heavy atom. The van der Waals surface area contributed by atoms with Crippen LogP contribution in [0.25, 0.3) is 0 Å². The number of hydrogen-bond donors (Lipinski definition) is 1. The first-order chi connectivity index (χ1) is 8.69. The van der Waals surface area contributed by atoms with Gasteiger partial charge in [0.05, 0.1) is 30.1 Å². The summed E-state index contributed by atoms with van der Waals surface area (Å²) < 4.78 is 6.06. The molecule has 0 amide bonds. The van der Waals surface area contributed by atoms with Gasteiger partial charge in [0.1, 0.15) is 0 Å². The number of benzene rings is 1. The minimum Gasteiger partial charge on any atom is -0.481 e. The molecule has 1 aromatic heterocycles. The molecule has 0 aliphatic rings. The molecule has 0 saturated carbocycles. The molecular formula is C13H12BrClN2O. The van der Waals surface area contributed by atoms with Crippen molar-refractivity contribution in [3.63, 3.8) is 0 Å². The van der Waals surface area contributed by atoms with Crippen LogP contribution in [0.5, 0.6) is 5.88 Å². The number of halogens is 2. The molecule has 2 aromatic rings. The fourth-order valence-corrected chi connectivity index (χ4v) is 2.03. The molecule has 94 valence electrons. The lowest BCUT2D eigenvalue weighted by Gasteiger charge is -2.09. The number of ether oxygens (including phenoxy) is 1. The quantitative estimate of drug-likeness (QED) is 0.917. The molecule has 1 heterocycles. The molecule has 5 heteroatoms. The van der Waals surface area contributed by atoms with Crippen LogP contribution < -0.4 is 10.1 Å². The van der Waals surface area contributed by atoms with Gasteiger partial charge in [-0.3, -0.25) is 0 Å². The summed E-state index contributed by atoms with van der Waals surface area (Å²) in [6.45, 7) is 0.591. The van der Waals surface area contributed by atoms with E-state index in [1.165, 1.54) is 0 Å². The Bertz CT molecular complexity index is 548. The summed E-state index contributed by atoms with van der Waals surface area (Å²) in [7, 11) is 1.60. The third-order valence-electron chi connectivity index (χ3n) is 2.38. The molecule has 0 saturated heterocycles. The van der Waals surface area contributed by atoms with E-state index in [0.717, 1.165) is 15.9 Å². The highest BCUT2D eigenvalue weighted by Gasteiger charge is 2.02. The van der Waals surface area contributed by atoms with Crippen molar-refractivity contribution in [2.24, 2.45) is 0 Å². The molecule has 0 radical (unpaired) electrons. The predicted molar refractivity (Wildman–Crippen MR) is 77.3 cm³/mol. The molecule has 18 heavy (non-hydrogen) atoms. The van der Waals surface area contributed by atoms with Crippen molar-refractivity contribution in [2.45, 2.75) is 6.54 Å². The van der Waals surface area contributed by atoms with E-state index in [1.807, 2.05) is 36.4 Å². The molecule has 0 aliphatic heterocycles. The van der Waals surface area contributed by atoms with Crippen molar-refractivity contribution in [1.29, 1.82) is 0 Å². The standard InChI is InChI=1S/C13H12BrClN2O/c1-18-13-4-2-3-10(17-13)8-16-12-7-9(14)5-6-11(12)15/h2-7,16H,8H2,1H3. The predicted octanol–water partition coefficient (Wildman–Crippen LogP) is 4.12. The Labute approximate surface area is 119 Å². The van der Waals surface area contributed by atoms with Crippen molar-refractivity contribution in [3.8, 4) is 5.88 Å². The average Bonchev–Trinajstić information content (AvgIpc) is 2.40. The number of hydrogen-bond acceptors (Lipinski definition) is 3. The van der Waals surface area contributed by atoms with E-state index in [2.05, 4.69) is 26.2 Å². The first-order valence-electron chi connectivity index (χ1n) is 5.38. The smallest absolute Gasteiger partial charge is 0.213 e. The van der Waals surface area contributed by atoms with Crippen LogP contribution >= 0.6 is 27.5 Å². The van der Waals surface area contributed by atoms with Crippen molar-refractivity contribution >= 4 is 33.2 Å². The minimum atomic E-state index is 0.591. The van der Waals surface area contributed by atoms with Crippen LogP contribution in [0.3, 0.4) is 0 Å². The van der Waals surface area contributed by atoms with Gasteiger partial charge in [-0.2, -0.15) is 0 Å². The third kappa shape index (κ3) is 3.37. The number of pyridine rings is 1. The summed E-state index contributed by atoms with van der Waals surface area (Å²) in [5.74, 6) is 0.606. The average molecular weight is 328 g/mol. The summed E-state index contributed by atoms with van der Waals surface area (Å²) in [6.07, 6.45) is 0. The highest BCUT2D eigenvalue weighted by atomic mass is 79.9. The summed E-state index contributed by atoms with van der Waals surface area (Å²) in [5, 5.41) is 3.92. The van der Waals surface area contributed by atoms with Gasteiger partial charge in [0.25, 0.3) is 0 Å². The highest BCUT2D eigenvalue weighted by molar-refractivity contribution is 9.10. The van der Waals surface area contributed by atoms with E-state index in [4.69, 9.17) is 16.3 Å². The number of methoxy groups -OCH3 is 1. The van der Waals surface area contributed by atoms with Crippen LogP contribution in [0, 0.1) is 0 Å². The van der Waals surface area contributed by atoms with Crippen LogP contribution in [0.4, 0.5) is 5.69 Å². The van der Waals surface area contributed by atoms with Crippen molar-refractivity contribution in [2.75, 3.05) is 12.4 Å². The number of anilines is 1. The first-order valence-corrected chi connectivity index (χ1v) is 6.55. The second-order valence-corrected chi connectivity index (χ2v) is 4.97. The van der Waals surface area contributed by atoms with Gasteiger partial charge in [-0.25, -0.2) is 4.98 Å². The minimum absolute atomic E-state index is 0.591. The van der Waals surface area contributed by atoms with Gasteiger partial charge in [0.2, 0.25) is 5.88 Å². The Balaban J connectivity index is 2.08. The Hall–Kier alpha value is -1.26. The summed E-state index contributed by atoms with van der Waals surface area (Å²) in [6, 6.07) is 11.3. The number of nitrogens with one attached hydrogen (secondary N) is 1. The van der Waals surface area contributed by atoms with Crippen molar-refractivity contribution < 1.29 is 4.74 Å². The largest absolute Gasteiger partial charge is 0.481 e. The second kappa shape index (κ2) is 6.07. The summed E-state index contributed by atoms with van der Waals surface area (Å²) >= 11 is 9.50. The molecular weight excluding hydrogens is 316 g/mol. The van der Waals surface area contributed by atoms with Crippen LogP contribution in [0.1, 0.15) is 5.69 Å². The van der Waals surface area contributed by atoms with Gasteiger partial charge in [0, 0.05) is 10.5 Å². The lowest BCUT2D eigenvalue weighted by molar-refractivity contribution is 0.396. The zero-order valence-electron chi connectivity index (χ0n) is 9.78. The summed E-state index contributed by atoms with van der Waals surface area (Å²) in [4.78, 5) is 4.32. The maximum atomic E-state index is 6.09. The number of aromatic nitrogens is 1. The Morgan fingerprint density at radius 3 is 2.94 bits per heavy atom. The van der Waals surface area contributed by atoms with Gasteiger partial charge < -0.3 is 10.1 Å². The van der Waals surface area contributed by atoms with Gasteiger partial charge >= 0.3 is 0 Å². The lowest BCUT2D eigenvalue weighted by Crippen LogP contribution is -2.02. The van der Waals surface area contributed by atoms with E-state index in [-0.39, 0.29) is 0 Å². The Morgan fingerprint density at radius 1 is 1.33 bits per heavy atom. The third-order valence-corrected chi connectivity index (χ3v) is 3.20. The zero-order chi connectivity index (χ0) is 13.0. The van der Waals surface area contributed by atoms with Crippen LogP contribution in [-0.4, -0.2) is 12.1 Å². The Kier molecular flexibility index (Phi) is 4.44. The molecule has 3 nitrogen and oxygen atoms in total. The molecule has 0 fully saturated rings. The number of nitrogens with zero attached hydrogens (tertiary/aromatic N) is 1.